The first-order valence-corrected chi connectivity index (χ1v) is 12.4. The number of carbonyl (C=O) groups excluding carboxylic acids is 1. The van der Waals surface area contributed by atoms with Crippen molar-refractivity contribution >= 4 is 29.1 Å². The Morgan fingerprint density at radius 2 is 1.63 bits per heavy atom. The molecule has 4 aromatic rings. The average molecular weight is 512 g/mol. The molecular weight excluding hydrogens is 481 g/mol. The van der Waals surface area contributed by atoms with Gasteiger partial charge in [-0.25, -0.2) is 14.0 Å². The minimum Gasteiger partial charge on any atom is -0.478 e. The third-order valence-electron chi connectivity index (χ3n) is 6.13. The molecule has 0 radical (unpaired) electrons. The van der Waals surface area contributed by atoms with Crippen molar-refractivity contribution in [3.63, 3.8) is 0 Å². The predicted molar refractivity (Wildman–Crippen MR) is 150 cm³/mol. The van der Waals surface area contributed by atoms with Crippen LogP contribution in [-0.4, -0.2) is 23.7 Å². The first-order valence-electron chi connectivity index (χ1n) is 12.4. The summed E-state index contributed by atoms with van der Waals surface area (Å²) in [6, 6.07) is 25.9. The molecule has 0 saturated heterocycles. The Bertz CT molecular complexity index is 1420. The van der Waals surface area contributed by atoms with E-state index in [1.165, 1.54) is 12.1 Å². The Morgan fingerprint density at radius 1 is 0.895 bits per heavy atom. The molecule has 0 fully saturated rings. The van der Waals surface area contributed by atoms with E-state index in [4.69, 9.17) is 0 Å². The molecule has 0 unspecified atom stereocenters. The second kappa shape index (κ2) is 12.1. The highest BCUT2D eigenvalue weighted by Crippen LogP contribution is 2.34. The van der Waals surface area contributed by atoms with Crippen LogP contribution in [0.3, 0.4) is 0 Å². The van der Waals surface area contributed by atoms with Gasteiger partial charge in [0.15, 0.2) is 0 Å². The van der Waals surface area contributed by atoms with Gasteiger partial charge < -0.3 is 20.6 Å². The van der Waals surface area contributed by atoms with Gasteiger partial charge >= 0.3 is 12.0 Å². The molecule has 194 valence electrons. The highest BCUT2D eigenvalue weighted by Gasteiger charge is 2.18. The Balaban J connectivity index is 1.75. The first kappa shape index (κ1) is 26.4. The van der Waals surface area contributed by atoms with Crippen LogP contribution in [0.5, 0.6) is 0 Å². The van der Waals surface area contributed by atoms with E-state index in [1.807, 2.05) is 67.6 Å². The molecule has 0 heterocycles. The molecular formula is C31H30FN3O3. The number of nitrogens with zero attached hydrogens (tertiary/aromatic N) is 1. The van der Waals surface area contributed by atoms with Crippen LogP contribution in [0, 0.1) is 12.7 Å². The van der Waals surface area contributed by atoms with Crippen LogP contribution in [-0.2, 0) is 6.54 Å². The largest absolute Gasteiger partial charge is 0.478 e. The molecule has 0 aliphatic carbocycles. The lowest BCUT2D eigenvalue weighted by Crippen LogP contribution is -2.26. The van der Waals surface area contributed by atoms with Crippen molar-refractivity contribution in [1.29, 1.82) is 0 Å². The Labute approximate surface area is 221 Å². The van der Waals surface area contributed by atoms with E-state index in [0.717, 1.165) is 35.8 Å². The Kier molecular flexibility index (Phi) is 8.38. The summed E-state index contributed by atoms with van der Waals surface area (Å²) in [6.07, 6.45) is 0.872. The number of carboxylic acid groups (broad SMARTS) is 1. The average Bonchev–Trinajstić information content (AvgIpc) is 2.90. The molecule has 6 nitrogen and oxygen atoms in total. The summed E-state index contributed by atoms with van der Waals surface area (Å²) >= 11 is 0. The fourth-order valence-electron chi connectivity index (χ4n) is 4.30. The minimum absolute atomic E-state index is 0.0242. The lowest BCUT2D eigenvalue weighted by Gasteiger charge is -2.28. The fraction of sp³-hybridized carbons (Fsp3) is 0.161. The number of carboxylic acids is 1. The zero-order chi connectivity index (χ0) is 27.1. The van der Waals surface area contributed by atoms with Crippen molar-refractivity contribution in [1.82, 2.24) is 0 Å². The van der Waals surface area contributed by atoms with Gasteiger partial charge in [-0.15, -0.1) is 0 Å². The zero-order valence-corrected chi connectivity index (χ0v) is 21.4. The second-order valence-electron chi connectivity index (χ2n) is 9.08. The van der Waals surface area contributed by atoms with Crippen LogP contribution in [0.15, 0.2) is 91.0 Å². The van der Waals surface area contributed by atoms with Gasteiger partial charge in [-0.1, -0.05) is 61.0 Å². The standard InChI is InChI=1S/C31H30FN3O3/c1-3-17-35(20-22-7-5-4-6-8-22)29-16-11-23(27-19-24(32)12-15-26(27)30(36)37)18-28(29)34-31(38)33-25-13-9-21(2)10-14-25/h4-16,18-19H,3,17,20H2,1-2H3,(H,36,37)(H2,33,34,38). The lowest BCUT2D eigenvalue weighted by molar-refractivity contribution is 0.0697. The number of amides is 2. The summed E-state index contributed by atoms with van der Waals surface area (Å²) in [6.45, 7) is 5.38. The fourth-order valence-corrected chi connectivity index (χ4v) is 4.30. The topological polar surface area (TPSA) is 81.7 Å². The van der Waals surface area contributed by atoms with Gasteiger partial charge in [0.2, 0.25) is 0 Å². The molecule has 0 aromatic heterocycles. The van der Waals surface area contributed by atoms with Crippen LogP contribution in [0.25, 0.3) is 11.1 Å². The van der Waals surface area contributed by atoms with Crippen molar-refractivity contribution < 1.29 is 19.1 Å². The van der Waals surface area contributed by atoms with Gasteiger partial charge in [0.25, 0.3) is 0 Å². The van der Waals surface area contributed by atoms with Crippen LogP contribution in [0.1, 0.15) is 34.8 Å². The van der Waals surface area contributed by atoms with Gasteiger partial charge in [0, 0.05) is 18.8 Å². The van der Waals surface area contributed by atoms with Gasteiger partial charge in [-0.05, 0) is 72.5 Å². The number of aromatic carboxylic acids is 1. The molecule has 0 aliphatic heterocycles. The first-order chi connectivity index (χ1) is 18.3. The second-order valence-corrected chi connectivity index (χ2v) is 9.08. The quantitative estimate of drug-likeness (QED) is 0.217. The maximum Gasteiger partial charge on any atom is 0.336 e. The number of hydrogen-bond donors (Lipinski definition) is 3. The summed E-state index contributed by atoms with van der Waals surface area (Å²) in [5, 5.41) is 15.5. The molecule has 0 saturated carbocycles. The molecule has 38 heavy (non-hydrogen) atoms. The van der Waals surface area contributed by atoms with Crippen LogP contribution in [0.2, 0.25) is 0 Å². The number of hydrogen-bond acceptors (Lipinski definition) is 3. The summed E-state index contributed by atoms with van der Waals surface area (Å²) in [7, 11) is 0. The minimum atomic E-state index is -1.16. The van der Waals surface area contributed by atoms with E-state index >= 15 is 0 Å². The van der Waals surface area contributed by atoms with Crippen LogP contribution < -0.4 is 15.5 Å². The normalized spacial score (nSPS) is 10.6. The maximum atomic E-state index is 14.1. The number of aryl methyl sites for hydroxylation is 1. The molecule has 0 bridgehead atoms. The number of carbonyl (C=O) groups is 2. The number of benzene rings is 4. The molecule has 0 spiro atoms. The summed E-state index contributed by atoms with van der Waals surface area (Å²) < 4.78 is 14.1. The lowest BCUT2D eigenvalue weighted by atomic mass is 9.98. The SMILES string of the molecule is CCCN(Cc1ccccc1)c1ccc(-c2cc(F)ccc2C(=O)O)cc1NC(=O)Nc1ccc(C)cc1. The number of halogens is 1. The zero-order valence-electron chi connectivity index (χ0n) is 21.4. The molecule has 0 atom stereocenters. The highest BCUT2D eigenvalue weighted by atomic mass is 19.1. The summed E-state index contributed by atoms with van der Waals surface area (Å²) in [5.41, 5.74) is 4.76. The summed E-state index contributed by atoms with van der Waals surface area (Å²) in [4.78, 5) is 27.0. The molecule has 4 aromatic carbocycles. The molecule has 3 N–H and O–H groups in total. The van der Waals surface area contributed by atoms with E-state index in [-0.39, 0.29) is 11.1 Å². The number of nitrogens with one attached hydrogen (secondary N) is 2. The Morgan fingerprint density at radius 3 is 2.32 bits per heavy atom. The molecule has 7 heteroatoms. The number of anilines is 3. The third-order valence-corrected chi connectivity index (χ3v) is 6.13. The van der Waals surface area contributed by atoms with E-state index in [9.17, 15) is 19.1 Å². The van der Waals surface area contributed by atoms with E-state index < -0.39 is 17.8 Å². The van der Waals surface area contributed by atoms with Gasteiger partial charge in [-0.3, -0.25) is 0 Å². The molecule has 4 rings (SSSR count). The van der Waals surface area contributed by atoms with Crippen LogP contribution in [0.4, 0.5) is 26.2 Å². The van der Waals surface area contributed by atoms with Gasteiger partial charge in [-0.2, -0.15) is 0 Å². The monoisotopic (exact) mass is 511 g/mol. The Hall–Kier alpha value is -4.65. The summed E-state index contributed by atoms with van der Waals surface area (Å²) in [5.74, 6) is -1.70. The third kappa shape index (κ3) is 6.56. The van der Waals surface area contributed by atoms with E-state index in [2.05, 4.69) is 22.5 Å². The highest BCUT2D eigenvalue weighted by molar-refractivity contribution is 6.03. The molecule has 2 amide bonds. The van der Waals surface area contributed by atoms with Crippen LogP contribution >= 0.6 is 0 Å². The van der Waals surface area contributed by atoms with E-state index in [0.29, 0.717) is 23.5 Å². The van der Waals surface area contributed by atoms with Crippen molar-refractivity contribution in [2.24, 2.45) is 0 Å². The van der Waals surface area contributed by atoms with Crippen molar-refractivity contribution in [2.75, 3.05) is 22.1 Å². The van der Waals surface area contributed by atoms with Crippen molar-refractivity contribution in [3.8, 4) is 11.1 Å². The van der Waals surface area contributed by atoms with Gasteiger partial charge in [0.05, 0.1) is 16.9 Å². The maximum absolute atomic E-state index is 14.1. The predicted octanol–water partition coefficient (Wildman–Crippen LogP) is 7.56. The smallest absolute Gasteiger partial charge is 0.336 e. The molecule has 0 aliphatic rings. The van der Waals surface area contributed by atoms with Crippen molar-refractivity contribution in [2.45, 2.75) is 26.8 Å². The number of urea groups is 1. The van der Waals surface area contributed by atoms with E-state index in [1.54, 1.807) is 12.1 Å². The van der Waals surface area contributed by atoms with Crippen molar-refractivity contribution in [3.05, 3.63) is 114 Å². The number of rotatable bonds is 9. The van der Waals surface area contributed by atoms with Gasteiger partial charge in [0.1, 0.15) is 5.82 Å².